The number of carbonyl (C=O) groups is 1. The topological polar surface area (TPSA) is 44.8 Å². The van der Waals surface area contributed by atoms with Crippen LogP contribution in [0, 0.1) is 6.92 Å². The highest BCUT2D eigenvalue weighted by Crippen LogP contribution is 2.34. The standard InChI is InChI=1S/C17H24O4/c1-13-5-4-6-14(11-13)17(2,12-15(18)19-3)8-7-16-20-9-10-21-16/h4-6,11,16H,7-10,12H2,1-3H3. The Hall–Kier alpha value is -1.39. The zero-order valence-corrected chi connectivity index (χ0v) is 13.1. The first-order valence-corrected chi connectivity index (χ1v) is 7.41. The molecule has 1 saturated heterocycles. The quantitative estimate of drug-likeness (QED) is 0.756. The van der Waals surface area contributed by atoms with Crippen molar-refractivity contribution in [2.24, 2.45) is 0 Å². The molecular formula is C17H24O4. The summed E-state index contributed by atoms with van der Waals surface area (Å²) in [5.74, 6) is -0.188. The molecule has 0 spiro atoms. The molecule has 4 nitrogen and oxygen atoms in total. The van der Waals surface area contributed by atoms with Gasteiger partial charge >= 0.3 is 5.97 Å². The molecule has 1 unspecified atom stereocenters. The third-order valence-electron chi connectivity index (χ3n) is 4.10. The van der Waals surface area contributed by atoms with Crippen LogP contribution in [0.3, 0.4) is 0 Å². The Kier molecular flexibility index (Phi) is 5.37. The van der Waals surface area contributed by atoms with Crippen LogP contribution in [-0.2, 0) is 24.4 Å². The molecule has 0 aromatic heterocycles. The summed E-state index contributed by atoms with van der Waals surface area (Å²) in [6.07, 6.45) is 1.81. The van der Waals surface area contributed by atoms with Crippen molar-refractivity contribution in [1.82, 2.24) is 0 Å². The summed E-state index contributed by atoms with van der Waals surface area (Å²) in [4.78, 5) is 11.8. The number of esters is 1. The van der Waals surface area contributed by atoms with Crippen LogP contribution in [-0.4, -0.2) is 32.6 Å². The molecule has 0 aliphatic carbocycles. The van der Waals surface area contributed by atoms with E-state index in [1.165, 1.54) is 12.7 Å². The lowest BCUT2D eigenvalue weighted by Crippen LogP contribution is -2.28. The number of hydrogen-bond donors (Lipinski definition) is 0. The number of carbonyl (C=O) groups excluding carboxylic acids is 1. The Morgan fingerprint density at radius 3 is 2.71 bits per heavy atom. The highest BCUT2D eigenvalue weighted by Gasteiger charge is 2.32. The van der Waals surface area contributed by atoms with E-state index in [1.54, 1.807) is 0 Å². The zero-order valence-electron chi connectivity index (χ0n) is 13.1. The van der Waals surface area contributed by atoms with E-state index in [4.69, 9.17) is 14.2 Å². The number of rotatable bonds is 6. The number of benzene rings is 1. The van der Waals surface area contributed by atoms with Gasteiger partial charge in [0.15, 0.2) is 6.29 Å². The fourth-order valence-electron chi connectivity index (χ4n) is 2.76. The van der Waals surface area contributed by atoms with Crippen molar-refractivity contribution in [3.05, 3.63) is 35.4 Å². The minimum atomic E-state index is -0.269. The van der Waals surface area contributed by atoms with E-state index in [-0.39, 0.29) is 17.7 Å². The van der Waals surface area contributed by atoms with E-state index >= 15 is 0 Å². The maximum absolute atomic E-state index is 11.8. The van der Waals surface area contributed by atoms with Crippen LogP contribution >= 0.6 is 0 Å². The Balaban J connectivity index is 2.14. The van der Waals surface area contributed by atoms with Crippen molar-refractivity contribution in [2.45, 2.75) is 44.8 Å². The Labute approximate surface area is 126 Å². The monoisotopic (exact) mass is 292 g/mol. The minimum Gasteiger partial charge on any atom is -0.469 e. The first kappa shape index (κ1) is 16.0. The molecule has 0 bridgehead atoms. The first-order chi connectivity index (χ1) is 10.0. The fourth-order valence-corrected chi connectivity index (χ4v) is 2.76. The van der Waals surface area contributed by atoms with Crippen LogP contribution < -0.4 is 0 Å². The average Bonchev–Trinajstić information content (AvgIpc) is 2.98. The number of aryl methyl sites for hydroxylation is 1. The van der Waals surface area contributed by atoms with Crippen molar-refractivity contribution >= 4 is 5.97 Å². The van der Waals surface area contributed by atoms with E-state index < -0.39 is 0 Å². The van der Waals surface area contributed by atoms with Crippen LogP contribution in [0.25, 0.3) is 0 Å². The lowest BCUT2D eigenvalue weighted by molar-refractivity contribution is -0.142. The molecule has 1 fully saturated rings. The van der Waals surface area contributed by atoms with Crippen LogP contribution in [0.1, 0.15) is 37.3 Å². The second kappa shape index (κ2) is 7.05. The van der Waals surface area contributed by atoms with Gasteiger partial charge in [0.1, 0.15) is 0 Å². The van der Waals surface area contributed by atoms with Crippen LogP contribution in [0.4, 0.5) is 0 Å². The Bertz CT molecular complexity index is 479. The van der Waals surface area contributed by atoms with Gasteiger partial charge in [-0.25, -0.2) is 0 Å². The number of hydrogen-bond acceptors (Lipinski definition) is 4. The fraction of sp³-hybridized carbons (Fsp3) is 0.588. The largest absolute Gasteiger partial charge is 0.469 e. The van der Waals surface area contributed by atoms with Gasteiger partial charge < -0.3 is 14.2 Å². The maximum Gasteiger partial charge on any atom is 0.306 e. The second-order valence-electron chi connectivity index (χ2n) is 5.89. The summed E-state index contributed by atoms with van der Waals surface area (Å²) in [5.41, 5.74) is 2.08. The molecule has 0 radical (unpaired) electrons. The molecule has 1 aromatic carbocycles. The third-order valence-corrected chi connectivity index (χ3v) is 4.10. The Morgan fingerprint density at radius 2 is 2.10 bits per heavy atom. The first-order valence-electron chi connectivity index (χ1n) is 7.41. The van der Waals surface area contributed by atoms with Crippen molar-refractivity contribution in [3.8, 4) is 0 Å². The molecule has 0 amide bonds. The predicted octanol–water partition coefficient (Wildman–Crippen LogP) is 2.97. The van der Waals surface area contributed by atoms with Gasteiger partial charge in [0, 0.05) is 5.41 Å². The average molecular weight is 292 g/mol. The smallest absolute Gasteiger partial charge is 0.306 e. The van der Waals surface area contributed by atoms with Gasteiger partial charge in [-0.1, -0.05) is 36.8 Å². The van der Waals surface area contributed by atoms with Crippen molar-refractivity contribution in [2.75, 3.05) is 20.3 Å². The van der Waals surface area contributed by atoms with Gasteiger partial charge in [-0.05, 0) is 25.3 Å². The summed E-state index contributed by atoms with van der Waals surface area (Å²) in [5, 5.41) is 0. The number of methoxy groups -OCH3 is 1. The predicted molar refractivity (Wildman–Crippen MR) is 80.1 cm³/mol. The van der Waals surface area contributed by atoms with E-state index in [9.17, 15) is 4.79 Å². The number of ether oxygens (including phenoxy) is 3. The summed E-state index contributed by atoms with van der Waals surface area (Å²) in [6.45, 7) is 5.48. The summed E-state index contributed by atoms with van der Waals surface area (Å²) in [7, 11) is 1.43. The van der Waals surface area contributed by atoms with Crippen molar-refractivity contribution in [1.29, 1.82) is 0 Å². The van der Waals surface area contributed by atoms with Gasteiger partial charge in [0.2, 0.25) is 0 Å². The van der Waals surface area contributed by atoms with Gasteiger partial charge in [-0.15, -0.1) is 0 Å². The molecule has 2 rings (SSSR count). The summed E-state index contributed by atoms with van der Waals surface area (Å²) >= 11 is 0. The van der Waals surface area contributed by atoms with E-state index in [1.807, 2.05) is 6.07 Å². The van der Waals surface area contributed by atoms with Gasteiger partial charge in [-0.3, -0.25) is 4.79 Å². The molecule has 4 heteroatoms. The molecule has 1 aliphatic heterocycles. The normalized spacial score (nSPS) is 18.4. The molecule has 0 saturated carbocycles. The highest BCUT2D eigenvalue weighted by atomic mass is 16.7. The van der Waals surface area contributed by atoms with Crippen molar-refractivity contribution in [3.63, 3.8) is 0 Å². The van der Waals surface area contributed by atoms with Crippen LogP contribution in [0.5, 0.6) is 0 Å². The highest BCUT2D eigenvalue weighted by molar-refractivity contribution is 5.71. The van der Waals surface area contributed by atoms with Gasteiger partial charge in [-0.2, -0.15) is 0 Å². The minimum absolute atomic E-state index is 0.146. The van der Waals surface area contributed by atoms with Crippen LogP contribution in [0.2, 0.25) is 0 Å². The molecule has 1 aromatic rings. The Morgan fingerprint density at radius 1 is 1.38 bits per heavy atom. The SMILES string of the molecule is COC(=O)CC(C)(CCC1OCCO1)c1cccc(C)c1. The summed E-state index contributed by atoms with van der Waals surface area (Å²) < 4.78 is 15.9. The molecule has 1 atom stereocenters. The lowest BCUT2D eigenvalue weighted by atomic mass is 9.75. The molecule has 0 N–H and O–H groups in total. The molecule has 1 aliphatic rings. The molecule has 21 heavy (non-hydrogen) atoms. The second-order valence-corrected chi connectivity index (χ2v) is 5.89. The molecule has 116 valence electrons. The molecular weight excluding hydrogens is 268 g/mol. The van der Waals surface area contributed by atoms with Gasteiger partial charge in [0.05, 0.1) is 26.7 Å². The third kappa shape index (κ3) is 4.29. The van der Waals surface area contributed by atoms with E-state index in [2.05, 4.69) is 32.0 Å². The summed E-state index contributed by atoms with van der Waals surface area (Å²) in [6, 6.07) is 8.31. The zero-order chi connectivity index (χ0) is 15.3. The van der Waals surface area contributed by atoms with Crippen LogP contribution in [0.15, 0.2) is 24.3 Å². The molecule has 1 heterocycles. The maximum atomic E-state index is 11.8. The van der Waals surface area contributed by atoms with E-state index in [0.29, 0.717) is 19.6 Å². The lowest BCUT2D eigenvalue weighted by Gasteiger charge is -2.30. The van der Waals surface area contributed by atoms with Gasteiger partial charge in [0.25, 0.3) is 0 Å². The van der Waals surface area contributed by atoms with E-state index in [0.717, 1.165) is 18.4 Å². The van der Waals surface area contributed by atoms with Crippen molar-refractivity contribution < 1.29 is 19.0 Å².